The van der Waals surface area contributed by atoms with Crippen LogP contribution in [-0.2, 0) is 0 Å². The van der Waals surface area contributed by atoms with Crippen molar-refractivity contribution in [1.29, 1.82) is 0 Å². The van der Waals surface area contributed by atoms with E-state index >= 15 is 0 Å². The molecule has 0 radical (unpaired) electrons. The van der Waals surface area contributed by atoms with Crippen LogP contribution in [0.3, 0.4) is 0 Å². The van der Waals surface area contributed by atoms with Gasteiger partial charge in [-0.05, 0) is 112 Å². The molecule has 0 unspecified atom stereocenters. The molecule has 14 aromatic rings. The predicted molar refractivity (Wildman–Crippen MR) is 289 cm³/mol. The van der Waals surface area contributed by atoms with E-state index in [4.69, 9.17) is 4.42 Å². The van der Waals surface area contributed by atoms with Crippen LogP contribution in [0, 0.1) is 0 Å². The number of furan rings is 1. The fourth-order valence-electron chi connectivity index (χ4n) is 10.7. The van der Waals surface area contributed by atoms with Crippen molar-refractivity contribution in [2.24, 2.45) is 0 Å². The van der Waals surface area contributed by atoms with Gasteiger partial charge in [0, 0.05) is 69.9 Å². The molecule has 3 heterocycles. The zero-order valence-electron chi connectivity index (χ0n) is 36.8. The van der Waals surface area contributed by atoms with Gasteiger partial charge in [0.1, 0.15) is 11.2 Å². The van der Waals surface area contributed by atoms with E-state index in [1.165, 1.54) is 52.8 Å². The van der Waals surface area contributed by atoms with Crippen LogP contribution in [0.15, 0.2) is 247 Å². The molecular weight excluding hydrogens is 845 g/mol. The Balaban J connectivity index is 1.03. The van der Waals surface area contributed by atoms with E-state index < -0.39 is 0 Å². The highest BCUT2D eigenvalue weighted by Crippen LogP contribution is 2.47. The number of nitrogens with zero attached hydrogens (tertiary/aromatic N) is 2. The van der Waals surface area contributed by atoms with E-state index in [1.54, 1.807) is 0 Å². The van der Waals surface area contributed by atoms with Crippen LogP contribution in [0.25, 0.3) is 114 Å². The lowest BCUT2D eigenvalue weighted by Gasteiger charge is -2.27. The van der Waals surface area contributed by atoms with E-state index in [0.717, 1.165) is 78.0 Å². The van der Waals surface area contributed by atoms with Crippen molar-refractivity contribution in [1.82, 2.24) is 4.57 Å². The highest BCUT2D eigenvalue weighted by molar-refractivity contribution is 7.25. The van der Waals surface area contributed by atoms with Crippen LogP contribution in [-0.4, -0.2) is 4.57 Å². The smallest absolute Gasteiger partial charge is 0.143 e. The largest absolute Gasteiger partial charge is 0.455 e. The van der Waals surface area contributed by atoms with Crippen molar-refractivity contribution >= 4 is 103 Å². The minimum absolute atomic E-state index is 0.859. The summed E-state index contributed by atoms with van der Waals surface area (Å²) in [6.07, 6.45) is 0. The Hall–Kier alpha value is -8.70. The molecule has 3 nitrogen and oxygen atoms in total. The summed E-state index contributed by atoms with van der Waals surface area (Å²) in [5.41, 5.74) is 15.1. The zero-order valence-corrected chi connectivity index (χ0v) is 37.6. The molecule has 0 bridgehead atoms. The van der Waals surface area contributed by atoms with Crippen molar-refractivity contribution in [2.45, 2.75) is 0 Å². The molecule has 14 rings (SSSR count). The Labute approximate surface area is 396 Å². The van der Waals surface area contributed by atoms with Gasteiger partial charge in [-0.3, -0.25) is 0 Å². The van der Waals surface area contributed by atoms with Gasteiger partial charge in [-0.2, -0.15) is 0 Å². The summed E-state index contributed by atoms with van der Waals surface area (Å²) in [4.78, 5) is 2.43. The molecule has 0 fully saturated rings. The Kier molecular flexibility index (Phi) is 8.76. The molecule has 3 aromatic heterocycles. The average Bonchev–Trinajstić information content (AvgIpc) is 4.08. The van der Waals surface area contributed by atoms with Crippen molar-refractivity contribution < 1.29 is 4.42 Å². The van der Waals surface area contributed by atoms with Gasteiger partial charge in [0.2, 0.25) is 0 Å². The van der Waals surface area contributed by atoms with Gasteiger partial charge >= 0.3 is 0 Å². The number of hydrogen-bond acceptors (Lipinski definition) is 3. The van der Waals surface area contributed by atoms with Crippen molar-refractivity contribution in [3.05, 3.63) is 243 Å². The quantitative estimate of drug-likeness (QED) is 0.159. The van der Waals surface area contributed by atoms with E-state index in [-0.39, 0.29) is 0 Å². The Bertz CT molecular complexity index is 4240. The number of thiophene rings is 1. The van der Waals surface area contributed by atoms with Crippen LogP contribution < -0.4 is 4.90 Å². The number of anilines is 3. The van der Waals surface area contributed by atoms with E-state index in [2.05, 4.69) is 252 Å². The second-order valence-electron chi connectivity index (χ2n) is 17.6. The van der Waals surface area contributed by atoms with Gasteiger partial charge in [-0.15, -0.1) is 11.3 Å². The fourth-order valence-corrected chi connectivity index (χ4v) is 11.8. The number of rotatable bonds is 7. The molecule has 4 heteroatoms. The molecule has 0 N–H and O–H groups in total. The summed E-state index contributed by atoms with van der Waals surface area (Å²) in [6.45, 7) is 0. The lowest BCUT2D eigenvalue weighted by atomic mass is 9.96. The number of aromatic nitrogens is 1. The van der Waals surface area contributed by atoms with Crippen molar-refractivity contribution in [2.75, 3.05) is 4.90 Å². The zero-order chi connectivity index (χ0) is 44.7. The molecule has 0 saturated heterocycles. The van der Waals surface area contributed by atoms with Crippen LogP contribution in [0.5, 0.6) is 0 Å². The minimum atomic E-state index is 0.859. The maximum absolute atomic E-state index is 6.96. The lowest BCUT2D eigenvalue weighted by Crippen LogP contribution is -2.10. The average molecular weight is 885 g/mol. The summed E-state index contributed by atoms with van der Waals surface area (Å²) in [5, 5.41) is 9.63. The summed E-state index contributed by atoms with van der Waals surface area (Å²) in [7, 11) is 0. The van der Waals surface area contributed by atoms with Gasteiger partial charge in [0.25, 0.3) is 0 Å². The lowest BCUT2D eigenvalue weighted by molar-refractivity contribution is 0.670. The topological polar surface area (TPSA) is 21.3 Å². The summed E-state index contributed by atoms with van der Waals surface area (Å²) >= 11 is 1.85. The van der Waals surface area contributed by atoms with Gasteiger partial charge < -0.3 is 13.9 Å². The predicted octanol–water partition coefficient (Wildman–Crippen LogP) is 18.7. The molecule has 11 aromatic carbocycles. The number of fused-ring (bicyclic) bond motifs is 10. The minimum Gasteiger partial charge on any atom is -0.455 e. The SMILES string of the molecule is c1cc(-c2ccc3sc4ccccc4c3c2)cc(N(c2cccc(-c3cccc4ccccc34)c2)c2cc(-c3ccccc3-n3c4ccccc4c4ccccc43)c3oc4ccccc4c3c2)c1. The first kappa shape index (κ1) is 38.6. The first-order valence-corrected chi connectivity index (χ1v) is 24.0. The molecule has 0 spiro atoms. The van der Waals surface area contributed by atoms with E-state index in [9.17, 15) is 0 Å². The highest BCUT2D eigenvalue weighted by atomic mass is 32.1. The Morgan fingerprint density at radius 2 is 0.926 bits per heavy atom. The molecule has 68 heavy (non-hydrogen) atoms. The first-order valence-electron chi connectivity index (χ1n) is 23.2. The van der Waals surface area contributed by atoms with Crippen LogP contribution in [0.2, 0.25) is 0 Å². The standard InChI is InChI=1S/C64H40N2OS/c1-2-22-48-41(16-1)17-15-28-49(48)44-19-14-21-46(37-44)65(45-20-13-18-42(36-45)43-34-35-63-55(38-43)54-27-7-12-33-62(54)68-63)47-39-56(64-57(40-47)53-26-6-11-32-61(53)67-64)52-25-5-10-31-60(52)66-58-29-8-3-23-50(58)51-24-4-9-30-59(51)66/h1-40H. The van der Waals surface area contributed by atoms with E-state index in [1.807, 2.05) is 11.3 Å². The maximum atomic E-state index is 6.96. The summed E-state index contributed by atoms with van der Waals surface area (Å²) in [6, 6.07) is 88.4. The Morgan fingerprint density at radius 3 is 1.75 bits per heavy atom. The van der Waals surface area contributed by atoms with Crippen LogP contribution >= 0.6 is 11.3 Å². The molecular formula is C64H40N2OS. The fraction of sp³-hybridized carbons (Fsp3) is 0. The number of para-hydroxylation sites is 4. The van der Waals surface area contributed by atoms with E-state index in [0.29, 0.717) is 0 Å². The van der Waals surface area contributed by atoms with Gasteiger partial charge in [-0.25, -0.2) is 0 Å². The second-order valence-corrected chi connectivity index (χ2v) is 18.7. The van der Waals surface area contributed by atoms with Gasteiger partial charge in [-0.1, -0.05) is 164 Å². The monoisotopic (exact) mass is 884 g/mol. The molecule has 0 atom stereocenters. The normalized spacial score (nSPS) is 11.8. The van der Waals surface area contributed by atoms with Crippen molar-refractivity contribution in [3.8, 4) is 39.1 Å². The maximum Gasteiger partial charge on any atom is 0.143 e. The third-order valence-electron chi connectivity index (χ3n) is 13.8. The number of hydrogen-bond donors (Lipinski definition) is 0. The highest BCUT2D eigenvalue weighted by Gasteiger charge is 2.23. The molecule has 0 aliphatic rings. The first-order chi connectivity index (χ1) is 33.7. The molecule has 318 valence electrons. The molecule has 0 aliphatic heterocycles. The van der Waals surface area contributed by atoms with Gasteiger partial charge in [0.15, 0.2) is 0 Å². The summed E-state index contributed by atoms with van der Waals surface area (Å²) in [5.74, 6) is 0. The third-order valence-corrected chi connectivity index (χ3v) is 14.9. The third kappa shape index (κ3) is 6.12. The summed E-state index contributed by atoms with van der Waals surface area (Å²) < 4.78 is 12.0. The van der Waals surface area contributed by atoms with Crippen LogP contribution in [0.4, 0.5) is 17.1 Å². The Morgan fingerprint density at radius 1 is 0.338 bits per heavy atom. The molecule has 0 aliphatic carbocycles. The number of benzene rings is 11. The van der Waals surface area contributed by atoms with Crippen molar-refractivity contribution in [3.63, 3.8) is 0 Å². The van der Waals surface area contributed by atoms with Gasteiger partial charge in [0.05, 0.1) is 16.7 Å². The molecule has 0 amide bonds. The van der Waals surface area contributed by atoms with Crippen LogP contribution in [0.1, 0.15) is 0 Å². The molecule has 0 saturated carbocycles. The second kappa shape index (κ2) is 15.5.